The van der Waals surface area contributed by atoms with Gasteiger partial charge >= 0.3 is 6.18 Å². The molecule has 0 amide bonds. The van der Waals surface area contributed by atoms with E-state index in [0.717, 1.165) is 25.0 Å². The summed E-state index contributed by atoms with van der Waals surface area (Å²) in [4.78, 5) is 0. The van der Waals surface area contributed by atoms with Gasteiger partial charge in [0.05, 0.1) is 17.8 Å². The molecule has 1 aromatic carbocycles. The van der Waals surface area contributed by atoms with E-state index >= 15 is 0 Å². The maximum absolute atomic E-state index is 12.7. The molecule has 0 unspecified atom stereocenters. The lowest BCUT2D eigenvalue weighted by molar-refractivity contribution is -0.137. The molecule has 1 fully saturated rings. The van der Waals surface area contributed by atoms with Crippen LogP contribution in [0.3, 0.4) is 0 Å². The summed E-state index contributed by atoms with van der Waals surface area (Å²) in [6, 6.07) is 3.53. The Bertz CT molecular complexity index is 400. The third-order valence-electron chi connectivity index (χ3n) is 2.41. The lowest BCUT2D eigenvalue weighted by atomic mass is 10.2. The quantitative estimate of drug-likeness (QED) is 0.813. The monoisotopic (exact) mass is 260 g/mol. The molecule has 0 aliphatic heterocycles. The Morgan fingerprint density at radius 1 is 1.11 bits per heavy atom. The smallest absolute Gasteiger partial charge is 0.416 e. The minimum atomic E-state index is -4.39. The van der Waals surface area contributed by atoms with Crippen LogP contribution < -0.4 is 9.47 Å². The van der Waals surface area contributed by atoms with Crippen molar-refractivity contribution in [3.63, 3.8) is 0 Å². The normalized spacial score (nSPS) is 15.9. The Balaban J connectivity index is 2.27. The first-order valence-corrected chi connectivity index (χ1v) is 5.90. The SMILES string of the molecule is CC(C)Oc1cc(OC2CC2)cc(C(F)(F)F)c1. The van der Waals surface area contributed by atoms with Gasteiger partial charge in [0.1, 0.15) is 11.5 Å². The summed E-state index contributed by atoms with van der Waals surface area (Å²) in [7, 11) is 0. The fourth-order valence-corrected chi connectivity index (χ4v) is 1.52. The highest BCUT2D eigenvalue weighted by atomic mass is 19.4. The molecule has 1 saturated carbocycles. The van der Waals surface area contributed by atoms with Crippen LogP contribution >= 0.6 is 0 Å². The number of ether oxygens (including phenoxy) is 2. The van der Waals surface area contributed by atoms with Crippen molar-refractivity contribution in [2.45, 2.75) is 45.1 Å². The summed E-state index contributed by atoms with van der Waals surface area (Å²) in [5.41, 5.74) is -0.740. The molecule has 0 bridgehead atoms. The van der Waals surface area contributed by atoms with E-state index in [1.807, 2.05) is 0 Å². The molecule has 0 saturated heterocycles. The largest absolute Gasteiger partial charge is 0.491 e. The van der Waals surface area contributed by atoms with E-state index in [-0.39, 0.29) is 23.7 Å². The zero-order chi connectivity index (χ0) is 13.3. The molecule has 1 aromatic rings. The maximum atomic E-state index is 12.7. The molecule has 0 aromatic heterocycles. The van der Waals surface area contributed by atoms with Crippen molar-refractivity contribution in [3.05, 3.63) is 23.8 Å². The molecule has 1 aliphatic carbocycles. The third-order valence-corrected chi connectivity index (χ3v) is 2.41. The fraction of sp³-hybridized carbons (Fsp3) is 0.538. The van der Waals surface area contributed by atoms with E-state index in [4.69, 9.17) is 9.47 Å². The highest BCUT2D eigenvalue weighted by Gasteiger charge is 2.32. The van der Waals surface area contributed by atoms with Crippen molar-refractivity contribution in [2.75, 3.05) is 0 Å². The first-order chi connectivity index (χ1) is 8.34. The number of halogens is 3. The van der Waals surface area contributed by atoms with Crippen molar-refractivity contribution in [2.24, 2.45) is 0 Å². The van der Waals surface area contributed by atoms with Crippen molar-refractivity contribution < 1.29 is 22.6 Å². The van der Waals surface area contributed by atoms with Crippen molar-refractivity contribution in [1.29, 1.82) is 0 Å². The van der Waals surface area contributed by atoms with Gasteiger partial charge in [-0.25, -0.2) is 0 Å². The molecule has 0 radical (unpaired) electrons. The summed E-state index contributed by atoms with van der Waals surface area (Å²) >= 11 is 0. The second-order valence-electron chi connectivity index (χ2n) is 4.67. The van der Waals surface area contributed by atoms with Crippen molar-refractivity contribution >= 4 is 0 Å². The summed E-state index contributed by atoms with van der Waals surface area (Å²) in [6.07, 6.45) is -2.71. The molecule has 0 N–H and O–H groups in total. The van der Waals surface area contributed by atoms with Crippen LogP contribution in [0.5, 0.6) is 11.5 Å². The molecule has 100 valence electrons. The van der Waals surface area contributed by atoms with E-state index in [2.05, 4.69) is 0 Å². The van der Waals surface area contributed by atoms with Crippen LogP contribution in [0, 0.1) is 0 Å². The van der Waals surface area contributed by atoms with Crippen LogP contribution in [0.15, 0.2) is 18.2 Å². The molecular weight excluding hydrogens is 245 g/mol. The van der Waals surface area contributed by atoms with E-state index in [1.165, 1.54) is 6.07 Å². The minimum absolute atomic E-state index is 0.0559. The van der Waals surface area contributed by atoms with Gasteiger partial charge in [0, 0.05) is 6.07 Å². The molecule has 2 rings (SSSR count). The van der Waals surface area contributed by atoms with Gasteiger partial charge in [-0.1, -0.05) is 0 Å². The second kappa shape index (κ2) is 4.71. The summed E-state index contributed by atoms with van der Waals surface area (Å²) in [5, 5.41) is 0. The number of rotatable bonds is 4. The lowest BCUT2D eigenvalue weighted by Crippen LogP contribution is -2.10. The average Bonchev–Trinajstić information content (AvgIpc) is 2.98. The standard InChI is InChI=1S/C13H15F3O2/c1-8(2)17-11-5-9(13(14,15)16)6-12(7-11)18-10-3-4-10/h5-8,10H,3-4H2,1-2H3. The van der Waals surface area contributed by atoms with Crippen LogP contribution in [-0.4, -0.2) is 12.2 Å². The molecule has 18 heavy (non-hydrogen) atoms. The lowest BCUT2D eigenvalue weighted by Gasteiger charge is -2.15. The van der Waals surface area contributed by atoms with Gasteiger partial charge in [-0.05, 0) is 38.8 Å². The van der Waals surface area contributed by atoms with Crippen molar-refractivity contribution in [3.8, 4) is 11.5 Å². The number of hydrogen-bond donors (Lipinski definition) is 0. The van der Waals surface area contributed by atoms with E-state index in [1.54, 1.807) is 13.8 Å². The van der Waals surface area contributed by atoms with Crippen LogP contribution in [0.1, 0.15) is 32.3 Å². The van der Waals surface area contributed by atoms with Gasteiger partial charge in [-0.15, -0.1) is 0 Å². The van der Waals surface area contributed by atoms with E-state index in [0.29, 0.717) is 0 Å². The van der Waals surface area contributed by atoms with Crippen molar-refractivity contribution in [1.82, 2.24) is 0 Å². The van der Waals surface area contributed by atoms with Gasteiger partial charge in [-0.2, -0.15) is 13.2 Å². The number of alkyl halides is 3. The van der Waals surface area contributed by atoms with Gasteiger partial charge in [0.25, 0.3) is 0 Å². The molecule has 2 nitrogen and oxygen atoms in total. The zero-order valence-corrected chi connectivity index (χ0v) is 10.3. The van der Waals surface area contributed by atoms with Gasteiger partial charge in [0.15, 0.2) is 0 Å². The minimum Gasteiger partial charge on any atom is -0.491 e. The predicted octanol–water partition coefficient (Wildman–Crippen LogP) is 4.03. The van der Waals surface area contributed by atoms with Crippen LogP contribution in [0.4, 0.5) is 13.2 Å². The Morgan fingerprint density at radius 3 is 2.22 bits per heavy atom. The first-order valence-electron chi connectivity index (χ1n) is 5.90. The highest BCUT2D eigenvalue weighted by Crippen LogP contribution is 2.37. The van der Waals surface area contributed by atoms with Gasteiger partial charge < -0.3 is 9.47 Å². The second-order valence-corrected chi connectivity index (χ2v) is 4.67. The summed E-state index contributed by atoms with van der Waals surface area (Å²) in [6.45, 7) is 3.53. The van der Waals surface area contributed by atoms with Crippen LogP contribution in [0.25, 0.3) is 0 Å². The third kappa shape index (κ3) is 3.55. The number of hydrogen-bond acceptors (Lipinski definition) is 2. The Labute approximate surface area is 104 Å². The predicted molar refractivity (Wildman–Crippen MR) is 60.9 cm³/mol. The zero-order valence-electron chi connectivity index (χ0n) is 10.3. The molecule has 0 atom stereocenters. The molecular formula is C13H15F3O2. The highest BCUT2D eigenvalue weighted by molar-refractivity contribution is 5.40. The fourth-order valence-electron chi connectivity index (χ4n) is 1.52. The average molecular weight is 260 g/mol. The summed E-state index contributed by atoms with van der Waals surface area (Å²) < 4.78 is 48.9. The molecule has 0 heterocycles. The first kappa shape index (κ1) is 13.1. The van der Waals surface area contributed by atoms with Crippen LogP contribution in [-0.2, 0) is 6.18 Å². The molecule has 0 spiro atoms. The van der Waals surface area contributed by atoms with Gasteiger partial charge in [-0.3, -0.25) is 0 Å². The Morgan fingerprint density at radius 2 is 1.72 bits per heavy atom. The summed E-state index contributed by atoms with van der Waals surface area (Å²) in [5.74, 6) is 0.415. The molecule has 5 heteroatoms. The van der Waals surface area contributed by atoms with Gasteiger partial charge in [0.2, 0.25) is 0 Å². The number of benzene rings is 1. The molecule has 1 aliphatic rings. The topological polar surface area (TPSA) is 18.5 Å². The Hall–Kier alpha value is -1.39. The van der Waals surface area contributed by atoms with Crippen LogP contribution in [0.2, 0.25) is 0 Å². The maximum Gasteiger partial charge on any atom is 0.416 e. The Kier molecular flexibility index (Phi) is 3.41. The van der Waals surface area contributed by atoms with E-state index < -0.39 is 11.7 Å². The van der Waals surface area contributed by atoms with E-state index in [9.17, 15) is 13.2 Å².